The summed E-state index contributed by atoms with van der Waals surface area (Å²) < 4.78 is 12.9. The summed E-state index contributed by atoms with van der Waals surface area (Å²) in [6, 6.07) is 6.36. The lowest BCUT2D eigenvalue weighted by atomic mass is 10.3. The second-order valence-corrected chi connectivity index (χ2v) is 4.26. The third-order valence-electron chi connectivity index (χ3n) is 2.47. The van der Waals surface area contributed by atoms with Crippen molar-refractivity contribution >= 4 is 34.6 Å². The van der Waals surface area contributed by atoms with Crippen molar-refractivity contribution in [2.45, 2.75) is 0 Å². The number of hydrogen-bond acceptors (Lipinski definition) is 5. The van der Waals surface area contributed by atoms with E-state index in [0.717, 1.165) is 6.07 Å². The van der Waals surface area contributed by atoms with Crippen molar-refractivity contribution in [3.8, 4) is 0 Å². The zero-order valence-corrected chi connectivity index (χ0v) is 11.1. The summed E-state index contributed by atoms with van der Waals surface area (Å²) in [4.78, 5) is 14.4. The second kappa shape index (κ2) is 5.70. The molecule has 6 nitrogen and oxygen atoms in total. The summed E-state index contributed by atoms with van der Waals surface area (Å²) in [5.74, 6) is 0.0976. The molecule has 0 spiro atoms. The molecule has 1 heterocycles. The Kier molecular flexibility index (Phi) is 3.99. The predicted molar refractivity (Wildman–Crippen MR) is 75.1 cm³/mol. The van der Waals surface area contributed by atoms with Crippen molar-refractivity contribution in [3.63, 3.8) is 0 Å². The largest absolute Gasteiger partial charge is 0.373 e. The van der Waals surface area contributed by atoms with E-state index in [0.29, 0.717) is 11.5 Å². The molecule has 20 heavy (non-hydrogen) atoms. The number of benzene rings is 1. The van der Waals surface area contributed by atoms with Gasteiger partial charge >= 0.3 is 0 Å². The van der Waals surface area contributed by atoms with Crippen molar-refractivity contribution < 1.29 is 9.31 Å². The highest BCUT2D eigenvalue weighted by Gasteiger charge is 2.12. The summed E-state index contributed by atoms with van der Waals surface area (Å²) in [5.41, 5.74) is 0.285. The number of nitro groups is 1. The van der Waals surface area contributed by atoms with Gasteiger partial charge in [0.05, 0.1) is 27.8 Å². The Labute approximate surface area is 118 Å². The van der Waals surface area contributed by atoms with Crippen molar-refractivity contribution in [3.05, 3.63) is 51.3 Å². The van der Waals surface area contributed by atoms with Crippen LogP contribution in [0.1, 0.15) is 0 Å². The normalized spacial score (nSPS) is 10.2. The maximum atomic E-state index is 12.9. The standard InChI is InChI=1S/C12H10ClFN4O2/c1-15-11-5-8(18(19)20)6-12(17-11)16-10-3-2-7(14)4-9(10)13/h2-6H,1H3,(H2,15,16,17). The topological polar surface area (TPSA) is 80.1 Å². The molecule has 0 amide bonds. The fourth-order valence-electron chi connectivity index (χ4n) is 1.54. The average molecular weight is 297 g/mol. The molecule has 0 unspecified atom stereocenters. The Hall–Kier alpha value is -2.41. The van der Waals surface area contributed by atoms with E-state index >= 15 is 0 Å². The van der Waals surface area contributed by atoms with Gasteiger partial charge in [0.2, 0.25) is 0 Å². The summed E-state index contributed by atoms with van der Waals surface area (Å²) in [7, 11) is 1.60. The molecule has 0 bridgehead atoms. The van der Waals surface area contributed by atoms with Crippen LogP contribution in [0.5, 0.6) is 0 Å². The molecule has 8 heteroatoms. The van der Waals surface area contributed by atoms with E-state index in [9.17, 15) is 14.5 Å². The molecule has 0 radical (unpaired) electrons. The minimum Gasteiger partial charge on any atom is -0.373 e. The molecule has 0 aliphatic heterocycles. The van der Waals surface area contributed by atoms with Crippen LogP contribution in [0.2, 0.25) is 5.02 Å². The number of pyridine rings is 1. The second-order valence-electron chi connectivity index (χ2n) is 3.85. The molecule has 0 aliphatic carbocycles. The van der Waals surface area contributed by atoms with Gasteiger partial charge in [-0.05, 0) is 18.2 Å². The van der Waals surface area contributed by atoms with Crippen molar-refractivity contribution in [1.82, 2.24) is 4.98 Å². The minimum absolute atomic E-state index is 0.120. The average Bonchev–Trinajstić information content (AvgIpc) is 2.41. The summed E-state index contributed by atoms with van der Waals surface area (Å²) in [5, 5.41) is 16.5. The van der Waals surface area contributed by atoms with E-state index in [1.165, 1.54) is 24.3 Å². The number of nitrogens with one attached hydrogen (secondary N) is 2. The first-order chi connectivity index (χ1) is 9.49. The molecular formula is C12H10ClFN4O2. The number of halogens is 2. The van der Waals surface area contributed by atoms with E-state index < -0.39 is 10.7 Å². The Balaban J connectivity index is 2.37. The van der Waals surface area contributed by atoms with E-state index in [1.807, 2.05) is 0 Å². The van der Waals surface area contributed by atoms with Gasteiger partial charge in [0, 0.05) is 7.05 Å². The molecular weight excluding hydrogens is 287 g/mol. The molecule has 2 rings (SSSR count). The highest BCUT2D eigenvalue weighted by Crippen LogP contribution is 2.28. The van der Waals surface area contributed by atoms with E-state index in [-0.39, 0.29) is 16.5 Å². The van der Waals surface area contributed by atoms with Gasteiger partial charge in [0.1, 0.15) is 17.5 Å². The number of aromatic nitrogens is 1. The lowest BCUT2D eigenvalue weighted by molar-refractivity contribution is -0.384. The van der Waals surface area contributed by atoms with E-state index in [1.54, 1.807) is 7.05 Å². The number of anilines is 3. The third-order valence-corrected chi connectivity index (χ3v) is 2.78. The van der Waals surface area contributed by atoms with Crippen molar-refractivity contribution in [2.24, 2.45) is 0 Å². The molecule has 0 atom stereocenters. The Morgan fingerprint density at radius 2 is 2.00 bits per heavy atom. The molecule has 0 saturated carbocycles. The first-order valence-corrected chi connectivity index (χ1v) is 5.93. The summed E-state index contributed by atoms with van der Waals surface area (Å²) in [6.45, 7) is 0. The van der Waals surface area contributed by atoms with Crippen LogP contribution >= 0.6 is 11.6 Å². The van der Waals surface area contributed by atoms with Gasteiger partial charge < -0.3 is 10.6 Å². The van der Waals surface area contributed by atoms with Gasteiger partial charge in [-0.3, -0.25) is 10.1 Å². The quantitative estimate of drug-likeness (QED) is 0.666. The molecule has 0 saturated heterocycles. The fraction of sp³-hybridized carbons (Fsp3) is 0.0833. The van der Waals surface area contributed by atoms with Crippen LogP contribution in [-0.2, 0) is 0 Å². The van der Waals surface area contributed by atoms with E-state index in [4.69, 9.17) is 11.6 Å². The van der Waals surface area contributed by atoms with Crippen LogP contribution in [0.25, 0.3) is 0 Å². The van der Waals surface area contributed by atoms with Crippen LogP contribution < -0.4 is 10.6 Å². The van der Waals surface area contributed by atoms with Crippen LogP contribution in [0.3, 0.4) is 0 Å². The maximum Gasteiger partial charge on any atom is 0.276 e. The Bertz CT molecular complexity index is 666. The smallest absolute Gasteiger partial charge is 0.276 e. The molecule has 0 fully saturated rings. The first-order valence-electron chi connectivity index (χ1n) is 5.56. The summed E-state index contributed by atoms with van der Waals surface area (Å²) >= 11 is 5.88. The highest BCUT2D eigenvalue weighted by atomic mass is 35.5. The van der Waals surface area contributed by atoms with Crippen molar-refractivity contribution in [1.29, 1.82) is 0 Å². The molecule has 0 aliphatic rings. The molecule has 104 valence electrons. The molecule has 2 aromatic rings. The van der Waals surface area contributed by atoms with Gasteiger partial charge in [0.15, 0.2) is 0 Å². The van der Waals surface area contributed by atoms with Crippen LogP contribution in [0.4, 0.5) is 27.4 Å². The monoisotopic (exact) mass is 296 g/mol. The van der Waals surface area contributed by atoms with Crippen LogP contribution in [0, 0.1) is 15.9 Å². The number of hydrogen-bond donors (Lipinski definition) is 2. The van der Waals surface area contributed by atoms with E-state index in [2.05, 4.69) is 15.6 Å². The highest BCUT2D eigenvalue weighted by molar-refractivity contribution is 6.33. The number of rotatable bonds is 4. The Morgan fingerprint density at radius 3 is 2.60 bits per heavy atom. The molecule has 1 aromatic heterocycles. The van der Waals surface area contributed by atoms with Crippen molar-refractivity contribution in [2.75, 3.05) is 17.7 Å². The predicted octanol–water partition coefficient (Wildman–Crippen LogP) is 3.57. The van der Waals surface area contributed by atoms with Gasteiger partial charge in [-0.2, -0.15) is 0 Å². The maximum absolute atomic E-state index is 12.9. The zero-order chi connectivity index (χ0) is 14.7. The Morgan fingerprint density at radius 1 is 1.30 bits per heavy atom. The lowest BCUT2D eigenvalue weighted by Crippen LogP contribution is -2.00. The zero-order valence-electron chi connectivity index (χ0n) is 10.4. The van der Waals surface area contributed by atoms with Crippen LogP contribution in [0.15, 0.2) is 30.3 Å². The van der Waals surface area contributed by atoms with Gasteiger partial charge in [0.25, 0.3) is 5.69 Å². The lowest BCUT2D eigenvalue weighted by Gasteiger charge is -2.09. The van der Waals surface area contributed by atoms with Gasteiger partial charge in [-0.1, -0.05) is 11.6 Å². The summed E-state index contributed by atoms with van der Waals surface area (Å²) in [6.07, 6.45) is 0. The SMILES string of the molecule is CNc1cc([N+](=O)[O-])cc(Nc2ccc(F)cc2Cl)n1. The fourth-order valence-corrected chi connectivity index (χ4v) is 1.76. The molecule has 2 N–H and O–H groups in total. The van der Waals surface area contributed by atoms with Gasteiger partial charge in [-0.15, -0.1) is 0 Å². The van der Waals surface area contributed by atoms with Gasteiger partial charge in [-0.25, -0.2) is 9.37 Å². The number of nitrogens with zero attached hydrogens (tertiary/aromatic N) is 2. The third kappa shape index (κ3) is 3.12. The molecule has 1 aromatic carbocycles. The minimum atomic E-state index is -0.528. The first kappa shape index (κ1) is 14.0. The van der Waals surface area contributed by atoms with Crippen LogP contribution in [-0.4, -0.2) is 17.0 Å².